The van der Waals surface area contributed by atoms with E-state index < -0.39 is 90.8 Å². The Hall–Kier alpha value is -6.43. The van der Waals surface area contributed by atoms with Gasteiger partial charge in [0.05, 0.1) is 31.6 Å². The van der Waals surface area contributed by atoms with Gasteiger partial charge in [0.15, 0.2) is 0 Å². The molecule has 24 heteroatoms. The van der Waals surface area contributed by atoms with Gasteiger partial charge in [0.2, 0.25) is 53.2 Å². The molecule has 2 saturated heterocycles. The van der Waals surface area contributed by atoms with Crippen molar-refractivity contribution in [3.63, 3.8) is 0 Å². The highest BCUT2D eigenvalue weighted by Crippen LogP contribution is 2.33. The zero-order valence-electron chi connectivity index (χ0n) is 37.7. The minimum absolute atomic E-state index is 0.0470. The first-order chi connectivity index (χ1) is 31.9. The number of benzene rings is 1. The Morgan fingerprint density at radius 1 is 0.776 bits per heavy atom. The molecule has 2 fully saturated rings. The van der Waals surface area contributed by atoms with Crippen LogP contribution in [0, 0.1) is 11.8 Å². The number of hydrogen-bond acceptors (Lipinski definition) is 12. The zero-order chi connectivity index (χ0) is 49.0. The van der Waals surface area contributed by atoms with Gasteiger partial charge < -0.3 is 59.0 Å². The standard InChI is InChI=1S/C43H64N12O11S/c1-23(2)15-24(17-35(58)55-66)40(62)51-29(16-25-19-47-27-10-4-3-9-26(25)27)42(64)52-30(18-33(44)56)41(63)49-20-36(59)48-21-37(60)50-28(39(45)61)11-7-8-14-46-34(57)13-6-5-12-32-38-31(22-67-32)53-43(65)54-38/h3-4,9-10,19,23-24,28-32,38,47,66H,5-8,11-18,20-22H2,1-2H3,(H2,44,56)(H2,45,61)(H,46,57)(H,48,59)(H,49,63)(H,50,60)(H,51,62)(H,52,64)(H,55,58)(H2,53,54,65)/t24?,28-,29-,30-,31-,32-,38-/m0/s1. The molecule has 4 rings (SSSR count). The monoisotopic (exact) mass is 956 g/mol. The number of urea groups is 1. The van der Waals surface area contributed by atoms with Crippen molar-refractivity contribution >= 4 is 81.9 Å². The summed E-state index contributed by atoms with van der Waals surface area (Å²) in [6, 6.07) is 3.36. The van der Waals surface area contributed by atoms with Gasteiger partial charge in [0.1, 0.15) is 18.1 Å². The fourth-order valence-corrected chi connectivity index (χ4v) is 9.49. The number of nitrogens with two attached hydrogens (primary N) is 2. The molecule has 11 amide bonds. The molecule has 2 aromatic rings. The normalized spacial score (nSPS) is 18.0. The summed E-state index contributed by atoms with van der Waals surface area (Å²) < 4.78 is 0. The van der Waals surface area contributed by atoms with Crippen molar-refractivity contribution in [2.75, 3.05) is 25.4 Å². The van der Waals surface area contributed by atoms with Gasteiger partial charge in [0, 0.05) is 59.8 Å². The number of fused-ring (bicyclic) bond motifs is 2. The number of carbonyl (C=O) groups excluding carboxylic acids is 10. The fraction of sp³-hybridized carbons (Fsp3) is 0.581. The third kappa shape index (κ3) is 17.7. The molecule has 0 spiro atoms. The molecule has 2 aliphatic heterocycles. The third-order valence-corrected chi connectivity index (χ3v) is 12.8. The highest BCUT2D eigenvalue weighted by molar-refractivity contribution is 8.00. The minimum atomic E-state index is -1.60. The van der Waals surface area contributed by atoms with E-state index in [1.807, 2.05) is 31.7 Å². The number of rotatable bonds is 29. The van der Waals surface area contributed by atoms with Crippen molar-refractivity contribution < 1.29 is 53.2 Å². The summed E-state index contributed by atoms with van der Waals surface area (Å²) in [6.07, 6.45) is 4.69. The molecule has 67 heavy (non-hydrogen) atoms. The van der Waals surface area contributed by atoms with Crippen LogP contribution >= 0.6 is 11.8 Å². The van der Waals surface area contributed by atoms with E-state index in [9.17, 15) is 47.9 Å². The second-order valence-electron chi connectivity index (χ2n) is 17.2. The van der Waals surface area contributed by atoms with Crippen molar-refractivity contribution in [2.45, 2.75) is 120 Å². The Morgan fingerprint density at radius 3 is 2.22 bits per heavy atom. The number of carbonyl (C=O) groups is 10. The van der Waals surface area contributed by atoms with E-state index in [4.69, 9.17) is 16.7 Å². The smallest absolute Gasteiger partial charge is 0.315 e. The molecule has 1 aromatic heterocycles. The van der Waals surface area contributed by atoms with Crippen LogP contribution in [-0.4, -0.2) is 130 Å². The SMILES string of the molecule is CC(C)CC(CC(=O)NO)C(=O)N[C@@H](Cc1c[nH]c2ccccc12)C(=O)N[C@@H](CC(N)=O)C(=O)NCC(=O)NCC(=O)N[C@@H](CCCCNC(=O)CCCC[C@@H]1SC[C@@H]2NC(=O)N[C@@H]21)C(N)=O. The van der Waals surface area contributed by atoms with Gasteiger partial charge in [-0.2, -0.15) is 11.8 Å². The maximum Gasteiger partial charge on any atom is 0.315 e. The number of aromatic nitrogens is 1. The molecule has 0 aliphatic carbocycles. The quantitative estimate of drug-likeness (QED) is 0.0188. The first kappa shape index (κ1) is 53.2. The Kier molecular flexibility index (Phi) is 21.2. The second kappa shape index (κ2) is 26.6. The summed E-state index contributed by atoms with van der Waals surface area (Å²) in [6.45, 7) is 2.74. The summed E-state index contributed by atoms with van der Waals surface area (Å²) in [5.41, 5.74) is 13.8. The van der Waals surface area contributed by atoms with E-state index in [1.54, 1.807) is 24.4 Å². The number of unbranched alkanes of at least 4 members (excludes halogenated alkanes) is 2. The van der Waals surface area contributed by atoms with E-state index in [2.05, 4.69) is 47.5 Å². The van der Waals surface area contributed by atoms with E-state index in [0.29, 0.717) is 43.0 Å². The Bertz CT molecular complexity index is 2100. The van der Waals surface area contributed by atoms with Gasteiger partial charge in [-0.15, -0.1) is 0 Å². The fourth-order valence-electron chi connectivity index (χ4n) is 7.95. The molecule has 0 radical (unpaired) electrons. The van der Waals surface area contributed by atoms with Crippen LogP contribution in [0.2, 0.25) is 0 Å². The lowest BCUT2D eigenvalue weighted by atomic mass is 9.92. The van der Waals surface area contributed by atoms with Gasteiger partial charge in [0.25, 0.3) is 0 Å². The molecule has 368 valence electrons. The summed E-state index contributed by atoms with van der Waals surface area (Å²) in [7, 11) is 0. The van der Waals surface area contributed by atoms with Crippen molar-refractivity contribution in [3.05, 3.63) is 36.0 Å². The number of primary amides is 2. The lowest BCUT2D eigenvalue weighted by molar-refractivity contribution is -0.137. The highest BCUT2D eigenvalue weighted by Gasteiger charge is 2.42. The Morgan fingerprint density at radius 2 is 1.51 bits per heavy atom. The van der Waals surface area contributed by atoms with Crippen molar-refractivity contribution in [1.29, 1.82) is 0 Å². The van der Waals surface area contributed by atoms with Crippen LogP contribution in [0.15, 0.2) is 30.5 Å². The number of hydroxylamine groups is 1. The molecule has 23 nitrogen and oxygen atoms in total. The average Bonchev–Trinajstić information content (AvgIpc) is 3.98. The first-order valence-corrected chi connectivity index (χ1v) is 23.4. The molecular weight excluding hydrogens is 893 g/mol. The topological polar surface area (TPSA) is 367 Å². The van der Waals surface area contributed by atoms with Crippen molar-refractivity contribution in [3.8, 4) is 0 Å². The molecule has 2 aliphatic rings. The van der Waals surface area contributed by atoms with Crippen LogP contribution < -0.4 is 59.5 Å². The van der Waals surface area contributed by atoms with E-state index in [-0.39, 0.29) is 55.6 Å². The van der Waals surface area contributed by atoms with E-state index in [0.717, 1.165) is 29.5 Å². The van der Waals surface area contributed by atoms with E-state index in [1.165, 1.54) is 5.48 Å². The van der Waals surface area contributed by atoms with Crippen LogP contribution in [0.3, 0.4) is 0 Å². The molecule has 0 saturated carbocycles. The first-order valence-electron chi connectivity index (χ1n) is 22.4. The molecule has 0 bridgehead atoms. The summed E-state index contributed by atoms with van der Waals surface area (Å²) in [5.74, 6) is -6.91. The lowest BCUT2D eigenvalue weighted by Crippen LogP contribution is -2.56. The number of thioether (sulfide) groups is 1. The number of hydrogen-bond donors (Lipinski definition) is 13. The third-order valence-electron chi connectivity index (χ3n) is 11.3. The van der Waals surface area contributed by atoms with Crippen molar-refractivity contribution in [1.82, 2.24) is 53.0 Å². The van der Waals surface area contributed by atoms with Crippen LogP contribution in [0.1, 0.15) is 83.6 Å². The second-order valence-corrected chi connectivity index (χ2v) is 18.4. The average molecular weight is 957 g/mol. The van der Waals surface area contributed by atoms with Gasteiger partial charge in [-0.1, -0.05) is 38.5 Å². The lowest BCUT2D eigenvalue weighted by Gasteiger charge is -2.25. The maximum atomic E-state index is 13.9. The predicted molar refractivity (Wildman–Crippen MR) is 245 cm³/mol. The van der Waals surface area contributed by atoms with E-state index >= 15 is 0 Å². The summed E-state index contributed by atoms with van der Waals surface area (Å²) >= 11 is 1.83. The summed E-state index contributed by atoms with van der Waals surface area (Å²) in [4.78, 5) is 129. The number of para-hydroxylation sites is 1. The van der Waals surface area contributed by atoms with Gasteiger partial charge in [-0.05, 0) is 56.1 Å². The highest BCUT2D eigenvalue weighted by atomic mass is 32.2. The largest absolute Gasteiger partial charge is 0.370 e. The van der Waals surface area contributed by atoms with Crippen LogP contribution in [0.25, 0.3) is 10.9 Å². The number of amides is 11. The van der Waals surface area contributed by atoms with Crippen molar-refractivity contribution in [2.24, 2.45) is 23.3 Å². The predicted octanol–water partition coefficient (Wildman–Crippen LogP) is -1.67. The molecule has 3 heterocycles. The number of aromatic amines is 1. The zero-order valence-corrected chi connectivity index (χ0v) is 38.5. The minimum Gasteiger partial charge on any atom is -0.370 e. The molecule has 7 atom stereocenters. The number of H-pyrrole nitrogens is 1. The molecule has 1 unspecified atom stereocenters. The summed E-state index contributed by atoms with van der Waals surface area (Å²) in [5, 5.41) is 31.0. The Labute approximate surface area is 391 Å². The van der Waals surface area contributed by atoms with Crippen LogP contribution in [-0.2, 0) is 49.6 Å². The van der Waals surface area contributed by atoms with Crippen LogP contribution in [0.4, 0.5) is 4.79 Å². The maximum absolute atomic E-state index is 13.9. The molecule has 1 aromatic carbocycles. The van der Waals surface area contributed by atoms with Gasteiger partial charge in [-0.3, -0.25) is 48.4 Å². The molecular formula is C43H64N12O11S. The van der Waals surface area contributed by atoms with Crippen LogP contribution in [0.5, 0.6) is 0 Å². The Balaban J connectivity index is 1.21. The van der Waals surface area contributed by atoms with Gasteiger partial charge in [-0.25, -0.2) is 10.3 Å². The van der Waals surface area contributed by atoms with Gasteiger partial charge >= 0.3 is 6.03 Å². The molecule has 15 N–H and O–H groups in total. The number of nitrogens with one attached hydrogen (secondary N) is 10.